The monoisotopic (exact) mass is 409 g/mol. The quantitative estimate of drug-likeness (QED) is 0.447. The van der Waals surface area contributed by atoms with Gasteiger partial charge in [0.15, 0.2) is 0 Å². The number of nitrogens with zero attached hydrogens (tertiary/aromatic N) is 1. The molecule has 2 aromatic carbocycles. The Bertz CT molecular complexity index is 1050. The molecule has 0 amide bonds. The second-order valence-corrected chi connectivity index (χ2v) is 7.70. The summed E-state index contributed by atoms with van der Waals surface area (Å²) in [5.41, 5.74) is 3.86. The topological polar surface area (TPSA) is 103 Å². The van der Waals surface area contributed by atoms with Crippen molar-refractivity contribution in [3.05, 3.63) is 60.3 Å². The van der Waals surface area contributed by atoms with Gasteiger partial charge in [-0.15, -0.1) is 0 Å². The maximum absolute atomic E-state index is 10.7. The third kappa shape index (κ3) is 4.72. The molecule has 0 aliphatic rings. The number of phenols is 1. The van der Waals surface area contributed by atoms with Crippen LogP contribution < -0.4 is 0 Å². The van der Waals surface area contributed by atoms with E-state index in [0.29, 0.717) is 0 Å². The summed E-state index contributed by atoms with van der Waals surface area (Å²) < 4.78 is 2.18. The first kappa shape index (κ1) is 21.6. The van der Waals surface area contributed by atoms with Crippen molar-refractivity contribution >= 4 is 22.9 Å². The van der Waals surface area contributed by atoms with Crippen LogP contribution in [0.4, 0.5) is 0 Å². The summed E-state index contributed by atoms with van der Waals surface area (Å²) in [7, 11) is 0. The molecule has 0 radical (unpaired) electrons. The average molecular weight is 409 g/mol. The zero-order valence-corrected chi connectivity index (χ0v) is 17.1. The van der Waals surface area contributed by atoms with E-state index in [1.54, 1.807) is 18.2 Å². The number of aromatic hydroxyl groups is 1. The SMILES string of the molecule is CC(C)n1c(C=C[C@@H](O)C[C@@H](O)CC(=O)O)c(-c2ccc(O)cc2)c2ccccc21. The number of para-hydroxylation sites is 1. The lowest BCUT2D eigenvalue weighted by molar-refractivity contribution is -0.139. The zero-order chi connectivity index (χ0) is 21.8. The predicted molar refractivity (Wildman–Crippen MR) is 117 cm³/mol. The summed E-state index contributed by atoms with van der Waals surface area (Å²) >= 11 is 0. The molecule has 0 aliphatic carbocycles. The Morgan fingerprint density at radius 1 is 1.07 bits per heavy atom. The number of fused-ring (bicyclic) bond motifs is 1. The van der Waals surface area contributed by atoms with E-state index in [2.05, 4.69) is 18.4 Å². The lowest BCUT2D eigenvalue weighted by Crippen LogP contribution is -2.19. The summed E-state index contributed by atoms with van der Waals surface area (Å²) in [4.78, 5) is 10.7. The Balaban J connectivity index is 2.08. The van der Waals surface area contributed by atoms with Gasteiger partial charge in [0.05, 0.1) is 18.6 Å². The second kappa shape index (κ2) is 9.15. The molecule has 4 N–H and O–H groups in total. The number of aliphatic hydroxyl groups excluding tert-OH is 2. The standard InChI is InChI=1S/C24H27NO5/c1-15(2)25-21-6-4-3-5-20(21)24(16-7-9-17(26)10-8-16)22(25)12-11-18(27)13-19(28)14-23(29)30/h3-12,15,18-19,26-28H,13-14H2,1-2H3,(H,29,30)/t18-,19-/m1/s1. The van der Waals surface area contributed by atoms with Gasteiger partial charge < -0.3 is 25.0 Å². The van der Waals surface area contributed by atoms with E-state index in [1.807, 2.05) is 42.5 Å². The fraction of sp³-hybridized carbons (Fsp3) is 0.292. The molecule has 0 spiro atoms. The van der Waals surface area contributed by atoms with E-state index in [9.17, 15) is 20.1 Å². The van der Waals surface area contributed by atoms with Crippen LogP contribution in [0.25, 0.3) is 28.1 Å². The van der Waals surface area contributed by atoms with Crippen LogP contribution in [0.2, 0.25) is 0 Å². The molecule has 158 valence electrons. The van der Waals surface area contributed by atoms with Gasteiger partial charge in [-0.05, 0) is 43.7 Å². The number of carboxylic acids is 1. The van der Waals surface area contributed by atoms with Gasteiger partial charge in [0.25, 0.3) is 0 Å². The summed E-state index contributed by atoms with van der Waals surface area (Å²) in [6.45, 7) is 4.16. The molecule has 0 saturated heterocycles. The Morgan fingerprint density at radius 3 is 2.37 bits per heavy atom. The van der Waals surface area contributed by atoms with E-state index in [4.69, 9.17) is 5.11 Å². The minimum absolute atomic E-state index is 0.0563. The van der Waals surface area contributed by atoms with Crippen LogP contribution in [0.15, 0.2) is 54.6 Å². The number of hydrogen-bond acceptors (Lipinski definition) is 4. The Labute approximate surface area is 175 Å². The van der Waals surface area contributed by atoms with Crippen molar-refractivity contribution < 1.29 is 25.2 Å². The number of benzene rings is 2. The van der Waals surface area contributed by atoms with E-state index >= 15 is 0 Å². The first-order chi connectivity index (χ1) is 14.3. The number of aromatic nitrogens is 1. The highest BCUT2D eigenvalue weighted by Gasteiger charge is 2.19. The molecule has 0 fully saturated rings. The summed E-state index contributed by atoms with van der Waals surface area (Å²) in [5, 5.41) is 39.6. The number of aliphatic carboxylic acids is 1. The number of hydrogen-bond donors (Lipinski definition) is 4. The molecule has 0 bridgehead atoms. The van der Waals surface area contributed by atoms with Crippen LogP contribution in [-0.4, -0.2) is 43.2 Å². The number of carboxylic acid groups (broad SMARTS) is 1. The predicted octanol–water partition coefficient (Wildman–Crippen LogP) is 4.19. The second-order valence-electron chi connectivity index (χ2n) is 7.70. The molecule has 1 aromatic heterocycles. The van der Waals surface area contributed by atoms with Gasteiger partial charge in [0, 0.05) is 34.6 Å². The Kier molecular flexibility index (Phi) is 6.59. The van der Waals surface area contributed by atoms with Crippen LogP contribution in [0.5, 0.6) is 5.75 Å². The Morgan fingerprint density at radius 2 is 1.73 bits per heavy atom. The first-order valence-electron chi connectivity index (χ1n) is 9.96. The molecule has 1 heterocycles. The summed E-state index contributed by atoms with van der Waals surface area (Å²) in [5.74, 6) is -0.917. The van der Waals surface area contributed by atoms with Crippen molar-refractivity contribution in [3.8, 4) is 16.9 Å². The van der Waals surface area contributed by atoms with Gasteiger partial charge in [-0.3, -0.25) is 4.79 Å². The molecule has 0 aliphatic heterocycles. The smallest absolute Gasteiger partial charge is 0.305 e. The maximum Gasteiger partial charge on any atom is 0.305 e. The van der Waals surface area contributed by atoms with Crippen molar-refractivity contribution in [2.24, 2.45) is 0 Å². The highest BCUT2D eigenvalue weighted by Crippen LogP contribution is 2.38. The van der Waals surface area contributed by atoms with Crippen LogP contribution in [-0.2, 0) is 4.79 Å². The van der Waals surface area contributed by atoms with Crippen molar-refractivity contribution in [2.75, 3.05) is 0 Å². The minimum Gasteiger partial charge on any atom is -0.508 e. The normalized spacial score (nSPS) is 13.9. The van der Waals surface area contributed by atoms with Gasteiger partial charge >= 0.3 is 5.97 Å². The van der Waals surface area contributed by atoms with Gasteiger partial charge in [-0.1, -0.05) is 36.4 Å². The summed E-state index contributed by atoms with van der Waals surface area (Å²) in [6.07, 6.45) is 0.845. The minimum atomic E-state index is -1.12. The number of aliphatic hydroxyl groups is 2. The van der Waals surface area contributed by atoms with Gasteiger partial charge in [-0.25, -0.2) is 0 Å². The zero-order valence-electron chi connectivity index (χ0n) is 17.1. The van der Waals surface area contributed by atoms with E-state index in [0.717, 1.165) is 27.7 Å². The van der Waals surface area contributed by atoms with Crippen molar-refractivity contribution in [3.63, 3.8) is 0 Å². The largest absolute Gasteiger partial charge is 0.508 e. The number of carbonyl (C=O) groups is 1. The third-order valence-electron chi connectivity index (χ3n) is 5.02. The molecule has 30 heavy (non-hydrogen) atoms. The molecule has 0 saturated carbocycles. The molecule has 0 unspecified atom stereocenters. The number of rotatable bonds is 8. The van der Waals surface area contributed by atoms with Crippen LogP contribution in [0.3, 0.4) is 0 Å². The van der Waals surface area contributed by atoms with Gasteiger partial charge in [-0.2, -0.15) is 0 Å². The fourth-order valence-corrected chi connectivity index (χ4v) is 3.78. The Hall–Kier alpha value is -3.09. The average Bonchev–Trinajstić information content (AvgIpc) is 3.00. The maximum atomic E-state index is 10.7. The van der Waals surface area contributed by atoms with E-state index in [1.165, 1.54) is 0 Å². The molecule has 6 heteroatoms. The van der Waals surface area contributed by atoms with Crippen molar-refractivity contribution in [1.29, 1.82) is 0 Å². The molecule has 2 atom stereocenters. The summed E-state index contributed by atoms with van der Waals surface area (Å²) in [6, 6.07) is 15.2. The van der Waals surface area contributed by atoms with Gasteiger partial charge in [0.2, 0.25) is 0 Å². The molecule has 3 aromatic rings. The lowest BCUT2D eigenvalue weighted by Gasteiger charge is -2.15. The van der Waals surface area contributed by atoms with Gasteiger partial charge in [0.1, 0.15) is 5.75 Å². The van der Waals surface area contributed by atoms with Crippen molar-refractivity contribution in [1.82, 2.24) is 4.57 Å². The highest BCUT2D eigenvalue weighted by molar-refractivity contribution is 6.01. The van der Waals surface area contributed by atoms with Crippen LogP contribution in [0.1, 0.15) is 38.4 Å². The molecular formula is C24H27NO5. The molecular weight excluding hydrogens is 382 g/mol. The number of phenolic OH excluding ortho intramolecular Hbond substituents is 1. The molecule has 6 nitrogen and oxygen atoms in total. The third-order valence-corrected chi connectivity index (χ3v) is 5.02. The lowest BCUT2D eigenvalue weighted by atomic mass is 10.0. The van der Waals surface area contributed by atoms with Crippen LogP contribution in [0, 0.1) is 0 Å². The van der Waals surface area contributed by atoms with Crippen molar-refractivity contribution in [2.45, 2.75) is 44.9 Å². The van der Waals surface area contributed by atoms with E-state index < -0.39 is 24.6 Å². The van der Waals surface area contributed by atoms with E-state index in [-0.39, 0.29) is 18.2 Å². The highest BCUT2D eigenvalue weighted by atomic mass is 16.4. The fourth-order valence-electron chi connectivity index (χ4n) is 3.78. The first-order valence-corrected chi connectivity index (χ1v) is 9.96. The van der Waals surface area contributed by atoms with Crippen LogP contribution >= 0.6 is 0 Å². The molecule has 3 rings (SSSR count).